The number of hydrogen-bond donors (Lipinski definition) is 2. The van der Waals surface area contributed by atoms with Crippen LogP contribution >= 0.6 is 0 Å². The molecule has 1 amide bonds. The monoisotopic (exact) mass is 253 g/mol. The lowest BCUT2D eigenvalue weighted by Gasteiger charge is -2.27. The number of carbonyl (C=O) groups is 1. The second-order valence-electron chi connectivity index (χ2n) is 4.99. The smallest absolute Gasteiger partial charge is 0.223 e. The van der Waals surface area contributed by atoms with Crippen LogP contribution < -0.4 is 5.73 Å². The lowest BCUT2D eigenvalue weighted by Crippen LogP contribution is -2.42. The zero-order valence-electron chi connectivity index (χ0n) is 10.7. The molecule has 0 spiro atoms. The molecule has 0 saturated heterocycles. The Morgan fingerprint density at radius 1 is 1.67 bits per heavy atom. The topological polar surface area (TPSA) is 92.6 Å². The van der Waals surface area contributed by atoms with Crippen molar-refractivity contribution < 1.29 is 14.4 Å². The van der Waals surface area contributed by atoms with Crippen LogP contribution in [0, 0.1) is 12.8 Å². The van der Waals surface area contributed by atoms with Gasteiger partial charge in [0.2, 0.25) is 5.91 Å². The van der Waals surface area contributed by atoms with Crippen molar-refractivity contribution in [1.29, 1.82) is 0 Å². The predicted molar refractivity (Wildman–Crippen MR) is 64.4 cm³/mol. The van der Waals surface area contributed by atoms with Gasteiger partial charge >= 0.3 is 0 Å². The van der Waals surface area contributed by atoms with E-state index in [4.69, 9.17) is 10.3 Å². The van der Waals surface area contributed by atoms with Gasteiger partial charge in [-0.2, -0.15) is 0 Å². The molecule has 1 aliphatic carbocycles. The number of likely N-dealkylation sites (N-methyl/N-ethyl adjacent to an activating group) is 1. The largest absolute Gasteiger partial charge is 0.391 e. The van der Waals surface area contributed by atoms with E-state index in [2.05, 4.69) is 5.16 Å². The highest BCUT2D eigenvalue weighted by atomic mass is 16.5. The van der Waals surface area contributed by atoms with Crippen molar-refractivity contribution in [2.45, 2.75) is 38.5 Å². The highest BCUT2D eigenvalue weighted by Crippen LogP contribution is 2.29. The molecule has 1 aliphatic rings. The summed E-state index contributed by atoms with van der Waals surface area (Å²) in [6, 6.07) is 1.81. The number of aryl methyl sites for hydroxylation is 1. The fourth-order valence-corrected chi connectivity index (χ4v) is 2.62. The van der Waals surface area contributed by atoms with Crippen molar-refractivity contribution in [3.05, 3.63) is 17.5 Å². The molecule has 0 aromatic carbocycles. The first-order valence-corrected chi connectivity index (χ1v) is 6.09. The molecular weight excluding hydrogens is 234 g/mol. The van der Waals surface area contributed by atoms with Crippen LogP contribution in [0.2, 0.25) is 0 Å². The maximum absolute atomic E-state index is 11.2. The van der Waals surface area contributed by atoms with Gasteiger partial charge in [-0.25, -0.2) is 0 Å². The number of primary amides is 1. The van der Waals surface area contributed by atoms with Crippen LogP contribution in [-0.4, -0.2) is 40.3 Å². The Kier molecular flexibility index (Phi) is 3.68. The van der Waals surface area contributed by atoms with E-state index >= 15 is 0 Å². The van der Waals surface area contributed by atoms with Crippen LogP contribution in [0.4, 0.5) is 0 Å². The minimum Gasteiger partial charge on any atom is -0.391 e. The maximum atomic E-state index is 11.2. The first-order valence-electron chi connectivity index (χ1n) is 6.09. The molecule has 0 aliphatic heterocycles. The van der Waals surface area contributed by atoms with Gasteiger partial charge in [-0.3, -0.25) is 9.69 Å². The van der Waals surface area contributed by atoms with Crippen molar-refractivity contribution in [2.24, 2.45) is 11.7 Å². The van der Waals surface area contributed by atoms with Crippen LogP contribution in [0.15, 0.2) is 10.6 Å². The van der Waals surface area contributed by atoms with E-state index in [-0.39, 0.29) is 6.04 Å². The molecule has 6 nitrogen and oxygen atoms in total. The van der Waals surface area contributed by atoms with Gasteiger partial charge in [-0.15, -0.1) is 0 Å². The zero-order valence-corrected chi connectivity index (χ0v) is 10.7. The van der Waals surface area contributed by atoms with E-state index in [0.29, 0.717) is 13.0 Å². The first-order chi connectivity index (χ1) is 8.49. The molecule has 3 atom stereocenters. The van der Waals surface area contributed by atoms with Crippen LogP contribution in [0.25, 0.3) is 0 Å². The van der Waals surface area contributed by atoms with Crippen LogP contribution in [0.3, 0.4) is 0 Å². The van der Waals surface area contributed by atoms with Crippen molar-refractivity contribution >= 4 is 5.91 Å². The lowest BCUT2D eigenvalue weighted by molar-refractivity contribution is -0.124. The molecule has 1 fully saturated rings. The number of hydrogen-bond acceptors (Lipinski definition) is 5. The number of aliphatic hydroxyl groups is 1. The molecule has 6 heteroatoms. The van der Waals surface area contributed by atoms with Gasteiger partial charge in [0.05, 0.1) is 17.7 Å². The summed E-state index contributed by atoms with van der Waals surface area (Å²) in [5, 5.41) is 14.0. The SMILES string of the molecule is Cc1cc(CN(C)[C@@H]2CC[C@@H](C(N)=O)[C@@H]2O)no1. The average Bonchev–Trinajstić information content (AvgIpc) is 2.85. The number of carbonyl (C=O) groups excluding carboxylic acids is 1. The number of aliphatic hydroxyl groups excluding tert-OH is 1. The molecular formula is C12H19N3O3. The molecule has 0 radical (unpaired) electrons. The number of rotatable bonds is 4. The van der Waals surface area contributed by atoms with Gasteiger partial charge in [-0.1, -0.05) is 5.16 Å². The summed E-state index contributed by atoms with van der Waals surface area (Å²) in [6.45, 7) is 2.43. The number of nitrogens with zero attached hydrogens (tertiary/aromatic N) is 2. The summed E-state index contributed by atoms with van der Waals surface area (Å²) in [6.07, 6.45) is 0.714. The number of nitrogens with two attached hydrogens (primary N) is 1. The quantitative estimate of drug-likeness (QED) is 0.790. The van der Waals surface area contributed by atoms with Crippen molar-refractivity contribution in [2.75, 3.05) is 7.05 Å². The summed E-state index contributed by atoms with van der Waals surface area (Å²) in [7, 11) is 1.90. The second-order valence-corrected chi connectivity index (χ2v) is 4.99. The number of aromatic nitrogens is 1. The Hall–Kier alpha value is -1.40. The third-order valence-corrected chi connectivity index (χ3v) is 3.60. The van der Waals surface area contributed by atoms with Gasteiger partial charge < -0.3 is 15.4 Å². The minimum absolute atomic E-state index is 0.0560. The van der Waals surface area contributed by atoms with E-state index in [0.717, 1.165) is 17.9 Å². The molecule has 1 aromatic heterocycles. The molecule has 0 bridgehead atoms. The van der Waals surface area contributed by atoms with E-state index in [1.165, 1.54) is 0 Å². The molecule has 2 rings (SSSR count). The van der Waals surface area contributed by atoms with Gasteiger partial charge in [0.15, 0.2) is 0 Å². The summed E-state index contributed by atoms with van der Waals surface area (Å²) in [5.41, 5.74) is 6.09. The Labute approximate surface area is 106 Å². The third kappa shape index (κ3) is 2.54. The predicted octanol–water partition coefficient (Wildman–Crippen LogP) is 0.0396. The molecule has 1 heterocycles. The van der Waals surface area contributed by atoms with Crippen LogP contribution in [0.1, 0.15) is 24.3 Å². The summed E-state index contributed by atoms with van der Waals surface area (Å²) < 4.78 is 5.00. The van der Waals surface area contributed by atoms with Gasteiger partial charge in [0.25, 0.3) is 0 Å². The summed E-state index contributed by atoms with van der Waals surface area (Å²) >= 11 is 0. The Balaban J connectivity index is 1.98. The maximum Gasteiger partial charge on any atom is 0.223 e. The molecule has 3 N–H and O–H groups in total. The number of amides is 1. The average molecular weight is 253 g/mol. The summed E-state index contributed by atoms with van der Waals surface area (Å²) in [5.74, 6) is -0.0902. The molecule has 1 saturated carbocycles. The highest BCUT2D eigenvalue weighted by Gasteiger charge is 2.40. The van der Waals surface area contributed by atoms with Gasteiger partial charge in [0.1, 0.15) is 5.76 Å². The minimum atomic E-state index is -0.694. The first kappa shape index (κ1) is 13.0. The van der Waals surface area contributed by atoms with Crippen LogP contribution in [-0.2, 0) is 11.3 Å². The molecule has 0 unspecified atom stereocenters. The summed E-state index contributed by atoms with van der Waals surface area (Å²) in [4.78, 5) is 13.1. The lowest BCUT2D eigenvalue weighted by atomic mass is 10.0. The fourth-order valence-electron chi connectivity index (χ4n) is 2.62. The normalized spacial score (nSPS) is 27.9. The molecule has 18 heavy (non-hydrogen) atoms. The fraction of sp³-hybridized carbons (Fsp3) is 0.667. The second kappa shape index (κ2) is 5.07. The van der Waals surface area contributed by atoms with Gasteiger partial charge in [0, 0.05) is 18.7 Å². The van der Waals surface area contributed by atoms with Crippen molar-refractivity contribution in [1.82, 2.24) is 10.1 Å². The van der Waals surface area contributed by atoms with Gasteiger partial charge in [-0.05, 0) is 26.8 Å². The Morgan fingerprint density at radius 2 is 2.39 bits per heavy atom. The highest BCUT2D eigenvalue weighted by molar-refractivity contribution is 5.77. The standard InChI is InChI=1S/C12H19N3O3/c1-7-5-8(14-18-7)6-15(2)10-4-3-9(11(10)16)12(13)17/h5,9-11,16H,3-4,6H2,1-2H3,(H2,13,17)/t9-,10-,11+/m1/s1. The Bertz CT molecular complexity index is 432. The van der Waals surface area contributed by atoms with E-state index in [1.54, 1.807) is 0 Å². The van der Waals surface area contributed by atoms with Crippen molar-refractivity contribution in [3.63, 3.8) is 0 Å². The van der Waals surface area contributed by atoms with Crippen LogP contribution in [0.5, 0.6) is 0 Å². The third-order valence-electron chi connectivity index (χ3n) is 3.60. The van der Waals surface area contributed by atoms with E-state index in [1.807, 2.05) is 24.9 Å². The molecule has 1 aromatic rings. The van der Waals surface area contributed by atoms with Crippen molar-refractivity contribution in [3.8, 4) is 0 Å². The van der Waals surface area contributed by atoms with E-state index < -0.39 is 17.9 Å². The zero-order chi connectivity index (χ0) is 13.3. The van der Waals surface area contributed by atoms with E-state index in [9.17, 15) is 9.90 Å². The Morgan fingerprint density at radius 3 is 2.89 bits per heavy atom. The molecule has 100 valence electrons.